The molecular weight excluding hydrogens is 345 g/mol. The van der Waals surface area contributed by atoms with E-state index in [-0.39, 0.29) is 16.7 Å². The predicted molar refractivity (Wildman–Crippen MR) is 103 cm³/mol. The molecule has 1 unspecified atom stereocenters. The molecule has 0 amide bonds. The lowest BCUT2D eigenvalue weighted by Crippen LogP contribution is -2.38. The number of aromatic nitrogens is 2. The Hall–Kier alpha value is -2.21. The minimum atomic E-state index is -1.27. The number of benzene rings is 1. The first-order chi connectivity index (χ1) is 12.4. The molecule has 3 rings (SSSR count). The Balaban J connectivity index is 2.13. The van der Waals surface area contributed by atoms with Gasteiger partial charge in [-0.1, -0.05) is 45.0 Å². The first-order valence-corrected chi connectivity index (χ1v) is 9.25. The van der Waals surface area contributed by atoms with E-state index < -0.39 is 17.5 Å². The zero-order valence-corrected chi connectivity index (χ0v) is 16.9. The molecule has 0 saturated carbocycles. The van der Waals surface area contributed by atoms with Crippen LogP contribution >= 0.6 is 0 Å². The average molecular weight is 373 g/mol. The van der Waals surface area contributed by atoms with Crippen LogP contribution in [0.1, 0.15) is 58.2 Å². The average Bonchev–Trinajstić information content (AvgIpc) is 2.77. The normalized spacial score (nSPS) is 17.3. The fourth-order valence-electron chi connectivity index (χ4n) is 3.55. The maximum atomic E-state index is 15.0. The Morgan fingerprint density at radius 1 is 1.26 bits per heavy atom. The lowest BCUT2D eigenvalue weighted by molar-refractivity contribution is 0.0743. The van der Waals surface area contributed by atoms with Crippen molar-refractivity contribution < 1.29 is 9.50 Å². The number of rotatable bonds is 3. The van der Waals surface area contributed by atoms with Gasteiger partial charge < -0.3 is 5.11 Å². The number of halogens is 1. The highest BCUT2D eigenvalue weighted by atomic mass is 19.1. The molecule has 0 saturated heterocycles. The SMILES string of the molecule is Cn1c2c(n(CC(C)(C)C)c1=O)=CCC(c1cccc(C(C)(C)O)c1F)N=2. The number of nitrogens with zero attached hydrogens (tertiary/aromatic N) is 3. The molecule has 1 atom stereocenters. The van der Waals surface area contributed by atoms with Crippen LogP contribution in [-0.4, -0.2) is 14.2 Å². The Kier molecular flexibility index (Phi) is 4.67. The summed E-state index contributed by atoms with van der Waals surface area (Å²) in [5.41, 5.74) is -0.161. The lowest BCUT2D eigenvalue weighted by atomic mass is 9.92. The quantitative estimate of drug-likeness (QED) is 0.896. The van der Waals surface area contributed by atoms with Crippen molar-refractivity contribution in [1.29, 1.82) is 0 Å². The largest absolute Gasteiger partial charge is 0.386 e. The van der Waals surface area contributed by atoms with Crippen LogP contribution in [0.3, 0.4) is 0 Å². The highest BCUT2D eigenvalue weighted by Gasteiger charge is 2.26. The minimum Gasteiger partial charge on any atom is -0.386 e. The fourth-order valence-corrected chi connectivity index (χ4v) is 3.55. The van der Waals surface area contributed by atoms with E-state index in [9.17, 15) is 9.90 Å². The topological polar surface area (TPSA) is 59.5 Å². The first kappa shape index (κ1) is 19.5. The second-order valence-corrected chi connectivity index (χ2v) is 9.05. The molecule has 2 heterocycles. The summed E-state index contributed by atoms with van der Waals surface area (Å²) in [5.74, 6) is -0.435. The standard InChI is InChI=1S/C21H28FN3O2/c1-20(2,3)12-25-16-11-10-15(23-18(16)24(6)19(25)26)13-8-7-9-14(17(13)22)21(4,5)27/h7-9,11,15,27H,10,12H2,1-6H3. The van der Waals surface area contributed by atoms with E-state index in [1.165, 1.54) is 4.57 Å². The van der Waals surface area contributed by atoms with Crippen molar-refractivity contribution in [3.05, 3.63) is 56.5 Å². The molecule has 0 radical (unpaired) electrons. The van der Waals surface area contributed by atoms with E-state index in [0.717, 1.165) is 5.35 Å². The number of aliphatic hydroxyl groups is 1. The molecule has 1 aliphatic heterocycles. The molecule has 6 heteroatoms. The molecule has 5 nitrogen and oxygen atoms in total. The first-order valence-electron chi connectivity index (χ1n) is 9.25. The third kappa shape index (κ3) is 3.63. The summed E-state index contributed by atoms with van der Waals surface area (Å²) >= 11 is 0. The number of hydrogen-bond donors (Lipinski definition) is 1. The van der Waals surface area contributed by atoms with E-state index in [4.69, 9.17) is 4.99 Å². The molecule has 1 aromatic heterocycles. The molecule has 1 N–H and O–H groups in total. The molecule has 0 fully saturated rings. The van der Waals surface area contributed by atoms with E-state index >= 15 is 4.39 Å². The van der Waals surface area contributed by atoms with Crippen LogP contribution in [0, 0.1) is 11.2 Å². The lowest BCUT2D eigenvalue weighted by Gasteiger charge is -2.22. The van der Waals surface area contributed by atoms with Crippen molar-refractivity contribution in [3.63, 3.8) is 0 Å². The molecule has 27 heavy (non-hydrogen) atoms. The van der Waals surface area contributed by atoms with Gasteiger partial charge in [-0.25, -0.2) is 9.18 Å². The van der Waals surface area contributed by atoms with Crippen LogP contribution in [0.4, 0.5) is 4.39 Å². The Labute approximate surface area is 158 Å². The highest BCUT2D eigenvalue weighted by molar-refractivity contribution is 5.35. The van der Waals surface area contributed by atoms with Gasteiger partial charge in [0.05, 0.1) is 17.0 Å². The summed E-state index contributed by atoms with van der Waals surface area (Å²) in [6, 6.07) is 4.60. The third-order valence-corrected chi connectivity index (χ3v) is 4.85. The monoisotopic (exact) mass is 373 g/mol. The molecule has 0 bridgehead atoms. The summed E-state index contributed by atoms with van der Waals surface area (Å²) < 4.78 is 18.3. The number of hydrogen-bond acceptors (Lipinski definition) is 3. The number of imidazole rings is 1. The zero-order valence-electron chi connectivity index (χ0n) is 16.9. The van der Waals surface area contributed by atoms with Crippen LogP contribution in [0.5, 0.6) is 0 Å². The summed E-state index contributed by atoms with van der Waals surface area (Å²) in [7, 11) is 1.70. The molecule has 0 aliphatic carbocycles. The number of fused-ring (bicyclic) bond motifs is 1. The van der Waals surface area contributed by atoms with E-state index in [1.807, 2.05) is 6.08 Å². The molecule has 2 aromatic rings. The van der Waals surface area contributed by atoms with E-state index in [1.54, 1.807) is 43.7 Å². The molecule has 0 spiro atoms. The van der Waals surface area contributed by atoms with Crippen LogP contribution in [0.2, 0.25) is 0 Å². The summed E-state index contributed by atoms with van der Waals surface area (Å²) in [5, 5.41) is 11.0. The third-order valence-electron chi connectivity index (χ3n) is 4.85. The molecular formula is C21H28FN3O2. The van der Waals surface area contributed by atoms with Crippen LogP contribution < -0.4 is 16.5 Å². The van der Waals surface area contributed by atoms with Gasteiger partial charge >= 0.3 is 5.69 Å². The van der Waals surface area contributed by atoms with Crippen molar-refractivity contribution >= 4 is 6.08 Å². The van der Waals surface area contributed by atoms with Crippen molar-refractivity contribution in [2.45, 2.75) is 59.2 Å². The second kappa shape index (κ2) is 6.44. The minimum absolute atomic E-state index is 0.0449. The Morgan fingerprint density at radius 3 is 2.52 bits per heavy atom. The molecule has 1 aromatic carbocycles. The summed E-state index contributed by atoms with van der Waals surface area (Å²) in [4.78, 5) is 17.4. The molecule has 1 aliphatic rings. The van der Waals surface area contributed by atoms with Crippen LogP contribution in [0.15, 0.2) is 28.0 Å². The van der Waals surface area contributed by atoms with Crippen molar-refractivity contribution in [2.75, 3.05) is 0 Å². The van der Waals surface area contributed by atoms with E-state index in [2.05, 4.69) is 20.8 Å². The molecule has 146 valence electrons. The smallest absolute Gasteiger partial charge is 0.330 e. The van der Waals surface area contributed by atoms with Crippen LogP contribution in [-0.2, 0) is 19.2 Å². The van der Waals surface area contributed by atoms with Crippen LogP contribution in [0.25, 0.3) is 6.08 Å². The highest BCUT2D eigenvalue weighted by Crippen LogP contribution is 2.31. The maximum absolute atomic E-state index is 15.0. The summed E-state index contributed by atoms with van der Waals surface area (Å²) in [6.07, 6.45) is 2.48. The van der Waals surface area contributed by atoms with Gasteiger partial charge in [0.25, 0.3) is 0 Å². The van der Waals surface area contributed by atoms with Gasteiger partial charge in [-0.15, -0.1) is 0 Å². The van der Waals surface area contributed by atoms with Gasteiger partial charge in [-0.05, 0) is 25.7 Å². The fraction of sp³-hybridized carbons (Fsp3) is 0.524. The predicted octanol–water partition coefficient (Wildman–Crippen LogP) is 2.14. The van der Waals surface area contributed by atoms with Crippen molar-refractivity contribution in [2.24, 2.45) is 17.5 Å². The van der Waals surface area contributed by atoms with Gasteiger partial charge in [-0.3, -0.25) is 14.1 Å². The van der Waals surface area contributed by atoms with Crippen molar-refractivity contribution in [3.8, 4) is 0 Å². The van der Waals surface area contributed by atoms with Gasteiger partial charge in [0, 0.05) is 24.7 Å². The summed E-state index contributed by atoms with van der Waals surface area (Å²) in [6.45, 7) is 9.97. The Bertz CT molecular complexity index is 1050. The Morgan fingerprint density at radius 2 is 1.93 bits per heavy atom. The van der Waals surface area contributed by atoms with Gasteiger partial charge in [-0.2, -0.15) is 0 Å². The maximum Gasteiger partial charge on any atom is 0.330 e. The zero-order chi connectivity index (χ0) is 20.1. The van der Waals surface area contributed by atoms with E-state index in [0.29, 0.717) is 24.0 Å². The second-order valence-electron chi connectivity index (χ2n) is 9.05. The van der Waals surface area contributed by atoms with Crippen molar-refractivity contribution in [1.82, 2.24) is 9.13 Å². The van der Waals surface area contributed by atoms with Gasteiger partial charge in [0.2, 0.25) is 0 Å². The van der Waals surface area contributed by atoms with Gasteiger partial charge in [0.15, 0.2) is 5.49 Å². The van der Waals surface area contributed by atoms with Gasteiger partial charge in [0.1, 0.15) is 5.82 Å².